The summed E-state index contributed by atoms with van der Waals surface area (Å²) < 4.78 is 0. The molecule has 0 unspecified atom stereocenters. The molecule has 2 N–H and O–H groups in total. The van der Waals surface area contributed by atoms with E-state index in [9.17, 15) is 0 Å². The minimum Gasteiger partial charge on any atom is -0.508 e. The van der Waals surface area contributed by atoms with Crippen LogP contribution in [0.15, 0.2) is 24.3 Å². The van der Waals surface area contributed by atoms with E-state index >= 15 is 0 Å². The maximum atomic E-state index is 8.99. The lowest BCUT2D eigenvalue weighted by Gasteiger charge is -2.04. The fourth-order valence-corrected chi connectivity index (χ4v) is 0.912. The van der Waals surface area contributed by atoms with Crippen LogP contribution in [0.3, 0.4) is 0 Å². The van der Waals surface area contributed by atoms with E-state index in [2.05, 4.69) is 5.32 Å². The van der Waals surface area contributed by atoms with Gasteiger partial charge in [-0.05, 0) is 30.7 Å². The molecule has 0 amide bonds. The largest absolute Gasteiger partial charge is 0.508 e. The Balaban J connectivity index is 2.64. The molecule has 0 saturated carbocycles. The van der Waals surface area contributed by atoms with Crippen molar-refractivity contribution < 1.29 is 5.11 Å². The second kappa shape index (κ2) is 4.07. The number of anilines is 1. The number of nitrogens with one attached hydrogen (secondary N) is 1. The van der Waals surface area contributed by atoms with Crippen molar-refractivity contribution in [1.29, 1.82) is 0 Å². The SMILES string of the molecule is CCC(=S)Nc1ccc(O)cc1. The zero-order chi connectivity index (χ0) is 8.97. The van der Waals surface area contributed by atoms with Crippen molar-refractivity contribution >= 4 is 22.9 Å². The first kappa shape index (κ1) is 9.00. The van der Waals surface area contributed by atoms with E-state index in [0.717, 1.165) is 17.1 Å². The molecule has 0 atom stereocenters. The number of rotatable bonds is 2. The quantitative estimate of drug-likeness (QED) is 0.543. The van der Waals surface area contributed by atoms with E-state index in [0.29, 0.717) is 0 Å². The van der Waals surface area contributed by atoms with Crippen molar-refractivity contribution in [3.8, 4) is 5.75 Å². The smallest absolute Gasteiger partial charge is 0.115 e. The summed E-state index contributed by atoms with van der Waals surface area (Å²) in [5, 5.41) is 12.0. The fraction of sp³-hybridized carbons (Fsp3) is 0.222. The molecule has 12 heavy (non-hydrogen) atoms. The Kier molecular flexibility index (Phi) is 3.05. The van der Waals surface area contributed by atoms with Crippen LogP contribution in [0, 0.1) is 0 Å². The van der Waals surface area contributed by atoms with Crippen LogP contribution in [-0.4, -0.2) is 10.1 Å². The van der Waals surface area contributed by atoms with Gasteiger partial charge < -0.3 is 10.4 Å². The van der Waals surface area contributed by atoms with Crippen LogP contribution in [0.1, 0.15) is 13.3 Å². The Bertz CT molecular complexity index is 268. The number of phenols is 1. The van der Waals surface area contributed by atoms with Crippen molar-refractivity contribution in [3.63, 3.8) is 0 Å². The predicted octanol–water partition coefficient (Wildman–Crippen LogP) is 2.54. The summed E-state index contributed by atoms with van der Waals surface area (Å²) in [7, 11) is 0. The van der Waals surface area contributed by atoms with Crippen LogP contribution in [0.5, 0.6) is 5.75 Å². The third-order valence-electron chi connectivity index (χ3n) is 1.47. The van der Waals surface area contributed by atoms with Crippen LogP contribution >= 0.6 is 12.2 Å². The third kappa shape index (κ3) is 2.51. The van der Waals surface area contributed by atoms with Gasteiger partial charge in [0.1, 0.15) is 5.75 Å². The van der Waals surface area contributed by atoms with Gasteiger partial charge >= 0.3 is 0 Å². The molecule has 2 nitrogen and oxygen atoms in total. The molecule has 1 aromatic carbocycles. The van der Waals surface area contributed by atoms with Gasteiger partial charge in [0.05, 0.1) is 4.99 Å². The van der Waals surface area contributed by atoms with E-state index in [-0.39, 0.29) is 5.75 Å². The van der Waals surface area contributed by atoms with Crippen molar-refractivity contribution in [1.82, 2.24) is 0 Å². The molecule has 0 spiro atoms. The molecule has 0 aliphatic rings. The standard InChI is InChI=1S/C9H11NOS/c1-2-9(12)10-7-3-5-8(11)6-4-7/h3-6,11H,2H2,1H3,(H,10,12). The number of hydrogen-bond acceptors (Lipinski definition) is 2. The second-order valence-corrected chi connectivity index (χ2v) is 2.94. The van der Waals surface area contributed by atoms with Crippen molar-refractivity contribution in [2.75, 3.05) is 5.32 Å². The summed E-state index contributed by atoms with van der Waals surface area (Å²) in [5.74, 6) is 0.267. The molecule has 0 aliphatic carbocycles. The van der Waals surface area contributed by atoms with E-state index in [1.807, 2.05) is 6.92 Å². The highest BCUT2D eigenvalue weighted by atomic mass is 32.1. The Morgan fingerprint density at radius 1 is 1.42 bits per heavy atom. The zero-order valence-electron chi connectivity index (χ0n) is 6.87. The molecule has 0 aromatic heterocycles. The summed E-state index contributed by atoms with van der Waals surface area (Å²) >= 11 is 5.00. The normalized spacial score (nSPS) is 9.42. The van der Waals surface area contributed by atoms with Crippen molar-refractivity contribution in [3.05, 3.63) is 24.3 Å². The summed E-state index contributed by atoms with van der Waals surface area (Å²) in [6, 6.07) is 6.83. The van der Waals surface area contributed by atoms with Gasteiger partial charge in [-0.3, -0.25) is 0 Å². The van der Waals surface area contributed by atoms with E-state index in [4.69, 9.17) is 17.3 Å². The van der Waals surface area contributed by atoms with Crippen LogP contribution in [0.2, 0.25) is 0 Å². The highest BCUT2D eigenvalue weighted by molar-refractivity contribution is 7.80. The molecule has 3 heteroatoms. The Labute approximate surface area is 77.2 Å². The van der Waals surface area contributed by atoms with Crippen LogP contribution in [-0.2, 0) is 0 Å². The average molecular weight is 181 g/mol. The molecule has 1 rings (SSSR count). The van der Waals surface area contributed by atoms with Gasteiger partial charge in [0, 0.05) is 5.69 Å². The van der Waals surface area contributed by atoms with E-state index in [1.54, 1.807) is 24.3 Å². The third-order valence-corrected chi connectivity index (χ3v) is 1.86. The minimum absolute atomic E-state index is 0.267. The lowest BCUT2D eigenvalue weighted by molar-refractivity contribution is 0.475. The molecule has 0 fully saturated rings. The topological polar surface area (TPSA) is 32.3 Å². The van der Waals surface area contributed by atoms with Crippen LogP contribution in [0.4, 0.5) is 5.69 Å². The van der Waals surface area contributed by atoms with Gasteiger partial charge in [0.25, 0.3) is 0 Å². The van der Waals surface area contributed by atoms with Gasteiger partial charge in [-0.15, -0.1) is 0 Å². The maximum absolute atomic E-state index is 8.99. The first-order valence-electron chi connectivity index (χ1n) is 3.81. The highest BCUT2D eigenvalue weighted by Crippen LogP contribution is 2.13. The number of aromatic hydroxyl groups is 1. The number of thiocarbonyl (C=S) groups is 1. The van der Waals surface area contributed by atoms with Gasteiger partial charge in [-0.25, -0.2) is 0 Å². The lowest BCUT2D eigenvalue weighted by Crippen LogP contribution is -2.06. The molecule has 0 heterocycles. The maximum Gasteiger partial charge on any atom is 0.115 e. The molecular weight excluding hydrogens is 170 g/mol. The molecule has 0 radical (unpaired) electrons. The van der Waals surface area contributed by atoms with Crippen molar-refractivity contribution in [2.24, 2.45) is 0 Å². The van der Waals surface area contributed by atoms with Gasteiger partial charge in [-0.2, -0.15) is 0 Å². The molecule has 0 bridgehead atoms. The monoisotopic (exact) mass is 181 g/mol. The second-order valence-electron chi connectivity index (χ2n) is 2.45. The lowest BCUT2D eigenvalue weighted by atomic mass is 10.3. The zero-order valence-corrected chi connectivity index (χ0v) is 7.69. The molecule has 1 aromatic rings. The summed E-state index contributed by atoms with van der Waals surface area (Å²) in [6.07, 6.45) is 0.830. The predicted molar refractivity (Wildman–Crippen MR) is 54.6 cm³/mol. The van der Waals surface area contributed by atoms with Crippen LogP contribution in [0.25, 0.3) is 0 Å². The summed E-state index contributed by atoms with van der Waals surface area (Å²) in [4.78, 5) is 0.806. The average Bonchev–Trinajstić information content (AvgIpc) is 2.09. The van der Waals surface area contributed by atoms with Crippen molar-refractivity contribution in [2.45, 2.75) is 13.3 Å². The Morgan fingerprint density at radius 3 is 2.50 bits per heavy atom. The Morgan fingerprint density at radius 2 is 2.00 bits per heavy atom. The first-order valence-corrected chi connectivity index (χ1v) is 4.22. The Hall–Kier alpha value is -1.09. The van der Waals surface area contributed by atoms with Gasteiger partial charge in [-0.1, -0.05) is 19.1 Å². The summed E-state index contributed by atoms with van der Waals surface area (Å²) in [6.45, 7) is 2.00. The van der Waals surface area contributed by atoms with Gasteiger partial charge in [0.15, 0.2) is 0 Å². The molecule has 0 aliphatic heterocycles. The summed E-state index contributed by atoms with van der Waals surface area (Å²) in [5.41, 5.74) is 0.916. The highest BCUT2D eigenvalue weighted by Gasteiger charge is 1.94. The number of phenolic OH excluding ortho intramolecular Hbond substituents is 1. The minimum atomic E-state index is 0.267. The molecule has 0 saturated heterocycles. The number of hydrogen-bond donors (Lipinski definition) is 2. The van der Waals surface area contributed by atoms with E-state index in [1.165, 1.54) is 0 Å². The first-order chi connectivity index (χ1) is 5.72. The van der Waals surface area contributed by atoms with E-state index < -0.39 is 0 Å². The molecule has 64 valence electrons. The number of benzene rings is 1. The molecular formula is C9H11NOS. The van der Waals surface area contributed by atoms with Gasteiger partial charge in [0.2, 0.25) is 0 Å². The van der Waals surface area contributed by atoms with Crippen LogP contribution < -0.4 is 5.32 Å². The fourth-order valence-electron chi connectivity index (χ4n) is 0.794.